The van der Waals surface area contributed by atoms with Crippen LogP contribution in [0.2, 0.25) is 0 Å². The quantitative estimate of drug-likeness (QED) is 0.286. The number of carboxylic acids is 1. The van der Waals surface area contributed by atoms with Gasteiger partial charge in [0.15, 0.2) is 0 Å². The van der Waals surface area contributed by atoms with Crippen LogP contribution in [0.5, 0.6) is 5.75 Å². The molecule has 2 atom stereocenters. The zero-order valence-electron chi connectivity index (χ0n) is 22.9. The van der Waals surface area contributed by atoms with Gasteiger partial charge in [-0.1, -0.05) is 11.3 Å². The third kappa shape index (κ3) is 5.42. The van der Waals surface area contributed by atoms with Crippen molar-refractivity contribution in [2.45, 2.75) is 52.0 Å². The Labute approximate surface area is 232 Å². The predicted molar refractivity (Wildman–Crippen MR) is 145 cm³/mol. The van der Waals surface area contributed by atoms with E-state index in [1.54, 1.807) is 20.8 Å². The number of hydrogen-bond acceptors (Lipinski definition) is 9. The van der Waals surface area contributed by atoms with E-state index in [2.05, 4.69) is 10.2 Å². The van der Waals surface area contributed by atoms with Crippen LogP contribution in [0.4, 0.5) is 4.39 Å². The van der Waals surface area contributed by atoms with E-state index in [0.29, 0.717) is 26.4 Å². The first-order valence-electron chi connectivity index (χ1n) is 12.3. The number of methoxy groups -OCH3 is 2. The number of aryl methyl sites for hydroxylation is 1. The SMILES string of the molecule is COc1ccc(F)cc1[C@H](Cn1c(=O)n([C@H](C)C(=O)O)c(=O)c2c(C)c(-n3nccn3)sc21)OCC(C)(C)OC. The highest BCUT2D eigenvalue weighted by Crippen LogP contribution is 2.34. The lowest BCUT2D eigenvalue weighted by molar-refractivity contribution is -0.140. The Morgan fingerprint density at radius 2 is 1.88 bits per heavy atom. The fourth-order valence-corrected chi connectivity index (χ4v) is 5.42. The standard InChI is InChI=1S/C26H30FN5O7S/c1-14-20-21(33)31(15(2)24(34)35)25(36)30(23(20)40-22(14)32-28-9-10-29-32)12-19(39-13-26(3,4)38-6)17-11-16(27)7-8-18(17)37-5/h7-11,15,19H,12-13H2,1-6H3,(H,34,35)/t15-,19+/m1/s1. The summed E-state index contributed by atoms with van der Waals surface area (Å²) in [6.45, 7) is 6.39. The maximum atomic E-state index is 14.5. The second kappa shape index (κ2) is 11.3. The molecule has 0 unspecified atom stereocenters. The molecule has 0 aliphatic rings. The highest BCUT2D eigenvalue weighted by molar-refractivity contribution is 7.21. The van der Waals surface area contributed by atoms with E-state index in [-0.39, 0.29) is 23.4 Å². The van der Waals surface area contributed by atoms with Crippen LogP contribution in [0.25, 0.3) is 15.2 Å². The van der Waals surface area contributed by atoms with Crippen molar-refractivity contribution in [3.8, 4) is 10.8 Å². The van der Waals surface area contributed by atoms with Gasteiger partial charge in [-0.3, -0.25) is 9.36 Å². The van der Waals surface area contributed by atoms with Gasteiger partial charge in [0.2, 0.25) is 0 Å². The van der Waals surface area contributed by atoms with E-state index in [0.717, 1.165) is 11.3 Å². The van der Waals surface area contributed by atoms with Crippen LogP contribution < -0.4 is 16.0 Å². The minimum absolute atomic E-state index is 0.0584. The molecule has 0 fully saturated rings. The van der Waals surface area contributed by atoms with Crippen molar-refractivity contribution in [3.05, 3.63) is 68.4 Å². The Morgan fingerprint density at radius 3 is 2.48 bits per heavy atom. The van der Waals surface area contributed by atoms with Gasteiger partial charge in [-0.25, -0.2) is 18.5 Å². The minimum atomic E-state index is -1.46. The van der Waals surface area contributed by atoms with Crippen molar-refractivity contribution in [2.75, 3.05) is 20.8 Å². The normalized spacial score (nSPS) is 13.5. The molecule has 1 aromatic carbocycles. The molecular weight excluding hydrogens is 545 g/mol. The summed E-state index contributed by atoms with van der Waals surface area (Å²) < 4.78 is 33.6. The molecule has 4 rings (SSSR count). The highest BCUT2D eigenvalue weighted by Gasteiger charge is 2.30. The molecule has 3 aromatic heterocycles. The number of ether oxygens (including phenoxy) is 3. The van der Waals surface area contributed by atoms with Crippen LogP contribution in [-0.2, 0) is 20.8 Å². The van der Waals surface area contributed by atoms with Crippen molar-refractivity contribution in [1.82, 2.24) is 24.1 Å². The van der Waals surface area contributed by atoms with Crippen LogP contribution in [-0.4, -0.2) is 61.6 Å². The first-order valence-corrected chi connectivity index (χ1v) is 13.1. The molecule has 0 amide bonds. The van der Waals surface area contributed by atoms with Gasteiger partial charge in [0.05, 0.1) is 43.6 Å². The fourth-order valence-electron chi connectivity index (χ4n) is 4.20. The molecule has 14 heteroatoms. The van der Waals surface area contributed by atoms with E-state index >= 15 is 0 Å². The lowest BCUT2D eigenvalue weighted by atomic mass is 10.1. The molecule has 0 spiro atoms. The second-order valence-electron chi connectivity index (χ2n) is 9.76. The molecule has 0 saturated carbocycles. The topological polar surface area (TPSA) is 140 Å². The molecule has 1 N–H and O–H groups in total. The summed E-state index contributed by atoms with van der Waals surface area (Å²) in [5.74, 6) is -1.58. The number of carbonyl (C=O) groups is 1. The first kappa shape index (κ1) is 29.1. The average molecular weight is 576 g/mol. The van der Waals surface area contributed by atoms with Gasteiger partial charge in [0, 0.05) is 18.2 Å². The number of nitrogens with zero attached hydrogens (tertiary/aromatic N) is 5. The molecule has 12 nitrogen and oxygen atoms in total. The zero-order valence-corrected chi connectivity index (χ0v) is 23.7. The Balaban J connectivity index is 2.00. The second-order valence-corrected chi connectivity index (χ2v) is 10.7. The minimum Gasteiger partial charge on any atom is -0.496 e. The van der Waals surface area contributed by atoms with Crippen molar-refractivity contribution >= 4 is 27.5 Å². The largest absolute Gasteiger partial charge is 0.496 e. The molecule has 40 heavy (non-hydrogen) atoms. The molecular formula is C26H30FN5O7S. The monoisotopic (exact) mass is 575 g/mol. The molecule has 0 aliphatic heterocycles. The fraction of sp³-hybridized carbons (Fsp3) is 0.423. The summed E-state index contributed by atoms with van der Waals surface area (Å²) >= 11 is 1.10. The van der Waals surface area contributed by atoms with Gasteiger partial charge in [-0.15, -0.1) is 4.80 Å². The van der Waals surface area contributed by atoms with Gasteiger partial charge in [-0.2, -0.15) is 10.2 Å². The van der Waals surface area contributed by atoms with E-state index in [9.17, 15) is 23.9 Å². The van der Waals surface area contributed by atoms with E-state index in [1.165, 1.54) is 61.1 Å². The number of fused-ring (bicyclic) bond motifs is 1. The summed E-state index contributed by atoms with van der Waals surface area (Å²) in [6.07, 6.45) is 1.99. The molecule has 0 aliphatic carbocycles. The van der Waals surface area contributed by atoms with E-state index < -0.39 is 40.8 Å². The number of aromatic nitrogens is 5. The summed E-state index contributed by atoms with van der Waals surface area (Å²) in [6, 6.07) is 2.48. The first-order chi connectivity index (χ1) is 18.9. The maximum absolute atomic E-state index is 14.5. The van der Waals surface area contributed by atoms with Gasteiger partial charge in [0.25, 0.3) is 5.56 Å². The van der Waals surface area contributed by atoms with Crippen molar-refractivity contribution < 1.29 is 28.5 Å². The molecule has 0 saturated heterocycles. The predicted octanol–water partition coefficient (Wildman–Crippen LogP) is 3.09. The summed E-state index contributed by atoms with van der Waals surface area (Å²) in [5.41, 5.74) is -1.54. The molecule has 214 valence electrons. The smallest absolute Gasteiger partial charge is 0.333 e. The third-order valence-corrected chi connectivity index (χ3v) is 7.92. The number of carboxylic acid groups (broad SMARTS) is 1. The number of aliphatic carboxylic acids is 1. The Kier molecular flexibility index (Phi) is 8.23. The van der Waals surface area contributed by atoms with Gasteiger partial charge < -0.3 is 19.3 Å². The lowest BCUT2D eigenvalue weighted by Crippen LogP contribution is -2.44. The Hall–Kier alpha value is -3.88. The number of rotatable bonds is 11. The van der Waals surface area contributed by atoms with E-state index in [1.807, 2.05) is 0 Å². The number of hydrogen-bond donors (Lipinski definition) is 1. The van der Waals surface area contributed by atoms with Crippen molar-refractivity contribution in [2.24, 2.45) is 0 Å². The van der Waals surface area contributed by atoms with Crippen LogP contribution in [0.3, 0.4) is 0 Å². The van der Waals surface area contributed by atoms with Crippen molar-refractivity contribution in [1.29, 1.82) is 0 Å². The van der Waals surface area contributed by atoms with Crippen LogP contribution in [0, 0.1) is 12.7 Å². The third-order valence-electron chi connectivity index (χ3n) is 6.63. The number of thiophene rings is 1. The molecule has 3 heterocycles. The van der Waals surface area contributed by atoms with Crippen LogP contribution in [0.15, 0.2) is 40.2 Å². The Bertz CT molecular complexity index is 1660. The van der Waals surface area contributed by atoms with Crippen molar-refractivity contribution in [3.63, 3.8) is 0 Å². The summed E-state index contributed by atoms with van der Waals surface area (Å²) in [5, 5.41) is 18.6. The summed E-state index contributed by atoms with van der Waals surface area (Å²) in [4.78, 5) is 40.9. The maximum Gasteiger partial charge on any atom is 0.333 e. The van der Waals surface area contributed by atoms with Gasteiger partial charge in [0.1, 0.15) is 33.5 Å². The summed E-state index contributed by atoms with van der Waals surface area (Å²) in [7, 11) is 2.95. The lowest BCUT2D eigenvalue weighted by Gasteiger charge is -2.28. The molecule has 0 radical (unpaired) electrons. The van der Waals surface area contributed by atoms with Crippen LogP contribution >= 0.6 is 11.3 Å². The number of halogens is 1. The average Bonchev–Trinajstić information content (AvgIpc) is 3.56. The number of benzene rings is 1. The van der Waals surface area contributed by atoms with Gasteiger partial charge in [-0.05, 0) is 45.9 Å². The highest BCUT2D eigenvalue weighted by atomic mass is 32.1. The molecule has 0 bridgehead atoms. The zero-order chi connectivity index (χ0) is 29.4. The van der Waals surface area contributed by atoms with Crippen LogP contribution in [0.1, 0.15) is 44.0 Å². The Morgan fingerprint density at radius 1 is 1.20 bits per heavy atom. The van der Waals surface area contributed by atoms with Gasteiger partial charge >= 0.3 is 11.7 Å². The van der Waals surface area contributed by atoms with E-state index in [4.69, 9.17) is 14.2 Å². The molecule has 4 aromatic rings.